The normalized spacial score (nSPS) is 16.8. The number of rotatable bonds is 7. The van der Waals surface area contributed by atoms with Gasteiger partial charge in [0.05, 0.1) is 0 Å². The third-order valence-corrected chi connectivity index (χ3v) is 5.32. The highest BCUT2D eigenvalue weighted by atomic mass is 15.4. The lowest BCUT2D eigenvalue weighted by atomic mass is 10.0. The molecule has 0 saturated carbocycles. The lowest BCUT2D eigenvalue weighted by molar-refractivity contribution is 0.127. The van der Waals surface area contributed by atoms with Gasteiger partial charge >= 0.3 is 0 Å². The standard InChI is InChI=1S/C23H33N5/c1-3-22(20-10-6-5-7-11-20)27-16-18-28(19-17-27)23(24-4-2)26-15-13-21-12-8-9-14-25-21/h5-12,14,22H,3-4,13,15-19H2,1-2H3,(H,24,26). The highest BCUT2D eigenvalue weighted by molar-refractivity contribution is 5.80. The molecule has 1 N–H and O–H groups in total. The highest BCUT2D eigenvalue weighted by Gasteiger charge is 2.25. The molecule has 150 valence electrons. The Bertz CT molecular complexity index is 708. The van der Waals surface area contributed by atoms with Crippen molar-refractivity contribution in [3.05, 3.63) is 66.0 Å². The summed E-state index contributed by atoms with van der Waals surface area (Å²) < 4.78 is 0. The Morgan fingerprint density at radius 3 is 2.43 bits per heavy atom. The molecule has 1 aliphatic rings. The molecule has 5 heteroatoms. The molecule has 0 bridgehead atoms. The van der Waals surface area contributed by atoms with Crippen LogP contribution in [-0.4, -0.2) is 60.0 Å². The van der Waals surface area contributed by atoms with E-state index in [1.807, 2.05) is 18.3 Å². The van der Waals surface area contributed by atoms with Crippen LogP contribution in [0.2, 0.25) is 0 Å². The summed E-state index contributed by atoms with van der Waals surface area (Å²) in [6.45, 7) is 10.2. The van der Waals surface area contributed by atoms with Crippen LogP contribution in [0, 0.1) is 0 Å². The molecule has 1 aromatic carbocycles. The summed E-state index contributed by atoms with van der Waals surface area (Å²) in [5.74, 6) is 1.03. The molecule has 2 heterocycles. The van der Waals surface area contributed by atoms with Gasteiger partial charge in [0.25, 0.3) is 0 Å². The average Bonchev–Trinajstić information content (AvgIpc) is 2.76. The van der Waals surface area contributed by atoms with Crippen LogP contribution < -0.4 is 5.32 Å². The lowest BCUT2D eigenvalue weighted by Gasteiger charge is -2.40. The molecule has 1 aromatic heterocycles. The second-order valence-electron chi connectivity index (χ2n) is 7.16. The van der Waals surface area contributed by atoms with Crippen LogP contribution in [0.25, 0.3) is 0 Å². The van der Waals surface area contributed by atoms with E-state index in [0.29, 0.717) is 6.04 Å². The minimum atomic E-state index is 0.507. The predicted octanol–water partition coefficient (Wildman–Crippen LogP) is 3.36. The molecule has 0 radical (unpaired) electrons. The van der Waals surface area contributed by atoms with Gasteiger partial charge in [-0.05, 0) is 31.0 Å². The predicted molar refractivity (Wildman–Crippen MR) is 117 cm³/mol. The van der Waals surface area contributed by atoms with Crippen molar-refractivity contribution < 1.29 is 0 Å². The first-order chi connectivity index (χ1) is 13.8. The van der Waals surface area contributed by atoms with Gasteiger partial charge in [-0.1, -0.05) is 43.3 Å². The van der Waals surface area contributed by atoms with Crippen LogP contribution >= 0.6 is 0 Å². The van der Waals surface area contributed by atoms with Crippen molar-refractivity contribution in [2.75, 3.05) is 39.3 Å². The van der Waals surface area contributed by atoms with E-state index in [-0.39, 0.29) is 0 Å². The SMILES string of the molecule is CCNC(=NCCc1ccccn1)N1CCN(C(CC)c2ccccc2)CC1. The van der Waals surface area contributed by atoms with Crippen LogP contribution in [0.15, 0.2) is 59.7 Å². The summed E-state index contributed by atoms with van der Waals surface area (Å²) in [5.41, 5.74) is 2.52. The van der Waals surface area contributed by atoms with E-state index in [1.54, 1.807) is 0 Å². The summed E-state index contributed by atoms with van der Waals surface area (Å²) in [4.78, 5) is 14.3. The monoisotopic (exact) mass is 379 g/mol. The Kier molecular flexibility index (Phi) is 7.85. The molecule has 0 spiro atoms. The van der Waals surface area contributed by atoms with Crippen LogP contribution in [-0.2, 0) is 6.42 Å². The van der Waals surface area contributed by atoms with Crippen molar-refractivity contribution >= 4 is 5.96 Å². The molecule has 3 rings (SSSR count). The van der Waals surface area contributed by atoms with E-state index in [9.17, 15) is 0 Å². The summed E-state index contributed by atoms with van der Waals surface area (Å²) in [6.07, 6.45) is 3.87. The van der Waals surface area contributed by atoms with Crippen LogP contribution in [0.1, 0.15) is 37.6 Å². The first-order valence-electron chi connectivity index (χ1n) is 10.5. The largest absolute Gasteiger partial charge is 0.357 e. The van der Waals surface area contributed by atoms with Crippen LogP contribution in [0.5, 0.6) is 0 Å². The summed E-state index contributed by atoms with van der Waals surface area (Å²) in [5, 5.41) is 3.47. The number of hydrogen-bond donors (Lipinski definition) is 1. The number of guanidine groups is 1. The number of nitrogens with one attached hydrogen (secondary N) is 1. The summed E-state index contributed by atoms with van der Waals surface area (Å²) in [6, 6.07) is 17.5. The Morgan fingerprint density at radius 2 is 1.79 bits per heavy atom. The minimum Gasteiger partial charge on any atom is -0.357 e. The van der Waals surface area contributed by atoms with Gasteiger partial charge in [-0.15, -0.1) is 0 Å². The van der Waals surface area contributed by atoms with Crippen molar-refractivity contribution in [3.8, 4) is 0 Å². The third-order valence-electron chi connectivity index (χ3n) is 5.32. The Balaban J connectivity index is 1.56. The number of aliphatic imine (C=N–C) groups is 1. The van der Waals surface area contributed by atoms with Crippen molar-refractivity contribution in [2.24, 2.45) is 4.99 Å². The maximum atomic E-state index is 4.85. The number of pyridine rings is 1. The smallest absolute Gasteiger partial charge is 0.194 e. The zero-order valence-corrected chi connectivity index (χ0v) is 17.2. The number of nitrogens with zero attached hydrogens (tertiary/aromatic N) is 4. The van der Waals surface area contributed by atoms with Gasteiger partial charge in [-0.25, -0.2) is 0 Å². The molecule has 28 heavy (non-hydrogen) atoms. The molecule has 1 saturated heterocycles. The summed E-state index contributed by atoms with van der Waals surface area (Å²) in [7, 11) is 0. The fourth-order valence-electron chi connectivity index (χ4n) is 3.87. The molecule has 2 aromatic rings. The zero-order chi connectivity index (χ0) is 19.6. The number of piperazine rings is 1. The molecule has 1 fully saturated rings. The minimum absolute atomic E-state index is 0.507. The van der Waals surface area contributed by atoms with E-state index < -0.39 is 0 Å². The van der Waals surface area contributed by atoms with E-state index in [1.165, 1.54) is 5.56 Å². The van der Waals surface area contributed by atoms with Gasteiger partial charge in [-0.2, -0.15) is 0 Å². The molecular weight excluding hydrogens is 346 g/mol. The van der Waals surface area contributed by atoms with Gasteiger partial charge in [0.1, 0.15) is 0 Å². The third kappa shape index (κ3) is 5.55. The quantitative estimate of drug-likeness (QED) is 0.592. The first kappa shape index (κ1) is 20.3. The van der Waals surface area contributed by atoms with Gasteiger partial charge in [0, 0.05) is 63.6 Å². The van der Waals surface area contributed by atoms with E-state index in [2.05, 4.69) is 70.3 Å². The van der Waals surface area contributed by atoms with Crippen molar-refractivity contribution in [1.29, 1.82) is 0 Å². The molecule has 1 atom stereocenters. The van der Waals surface area contributed by atoms with Crippen molar-refractivity contribution in [3.63, 3.8) is 0 Å². The van der Waals surface area contributed by atoms with E-state index >= 15 is 0 Å². The summed E-state index contributed by atoms with van der Waals surface area (Å²) >= 11 is 0. The van der Waals surface area contributed by atoms with Crippen LogP contribution in [0.3, 0.4) is 0 Å². The van der Waals surface area contributed by atoms with Gasteiger partial charge < -0.3 is 10.2 Å². The second kappa shape index (κ2) is 10.8. The molecule has 0 amide bonds. The number of benzene rings is 1. The average molecular weight is 380 g/mol. The number of hydrogen-bond acceptors (Lipinski definition) is 3. The fraction of sp³-hybridized carbons (Fsp3) is 0.478. The molecule has 0 aliphatic carbocycles. The van der Waals surface area contributed by atoms with Gasteiger partial charge in [0.2, 0.25) is 0 Å². The Hall–Kier alpha value is -2.40. The fourth-order valence-corrected chi connectivity index (χ4v) is 3.87. The molecule has 1 unspecified atom stereocenters. The Labute approximate surface area is 169 Å². The number of aromatic nitrogens is 1. The first-order valence-corrected chi connectivity index (χ1v) is 10.5. The zero-order valence-electron chi connectivity index (χ0n) is 17.2. The topological polar surface area (TPSA) is 43.8 Å². The maximum absolute atomic E-state index is 4.85. The van der Waals surface area contributed by atoms with Crippen molar-refractivity contribution in [1.82, 2.24) is 20.1 Å². The van der Waals surface area contributed by atoms with Crippen LogP contribution in [0.4, 0.5) is 0 Å². The van der Waals surface area contributed by atoms with Gasteiger partial charge in [-0.3, -0.25) is 14.9 Å². The second-order valence-corrected chi connectivity index (χ2v) is 7.16. The molecule has 5 nitrogen and oxygen atoms in total. The lowest BCUT2D eigenvalue weighted by Crippen LogP contribution is -2.53. The molecule has 1 aliphatic heterocycles. The van der Waals surface area contributed by atoms with E-state index in [0.717, 1.165) is 63.8 Å². The maximum Gasteiger partial charge on any atom is 0.194 e. The molecular formula is C23H33N5. The van der Waals surface area contributed by atoms with Crippen molar-refractivity contribution in [2.45, 2.75) is 32.7 Å². The van der Waals surface area contributed by atoms with Gasteiger partial charge in [0.15, 0.2) is 5.96 Å². The highest BCUT2D eigenvalue weighted by Crippen LogP contribution is 2.25. The van der Waals surface area contributed by atoms with E-state index in [4.69, 9.17) is 4.99 Å². The Morgan fingerprint density at radius 1 is 1.04 bits per heavy atom.